The first-order valence-corrected chi connectivity index (χ1v) is 17.4. The van der Waals surface area contributed by atoms with Gasteiger partial charge in [-0.15, -0.1) is 102 Å². The molecule has 0 saturated carbocycles. The molecule has 0 unspecified atom stereocenters. The Balaban J connectivity index is 0.000000349. The fourth-order valence-electron chi connectivity index (χ4n) is 7.19. The van der Waals surface area contributed by atoms with Crippen molar-refractivity contribution in [2.75, 3.05) is 0 Å². The Kier molecular flexibility index (Phi) is 17.7. The Labute approximate surface area is 324 Å². The van der Waals surface area contributed by atoms with Crippen molar-refractivity contribution in [3.8, 4) is 0 Å². The summed E-state index contributed by atoms with van der Waals surface area (Å²) in [6.45, 7) is 26.7. The van der Waals surface area contributed by atoms with E-state index in [0.717, 1.165) is 0 Å². The van der Waals surface area contributed by atoms with Crippen LogP contribution >= 0.6 is 0 Å². The zero-order valence-corrected chi connectivity index (χ0v) is 35.7. The van der Waals surface area contributed by atoms with Gasteiger partial charge in [0.15, 0.2) is 0 Å². The molecule has 0 atom stereocenters. The SMILES string of the molecule is CCCc1ccc(C)c2[cH-]c(C)c(C)c12.CCCc1ccc(C)c2[cH-]c(C)c(C)c12.CCCc1ccc(C)c2[cH-]c(C)c(C)c12.[Cl-].[Cl-].[Zr+2]. The molecule has 0 radical (unpaired) electrons. The Morgan fingerprint density at radius 3 is 0.833 bits per heavy atom. The third-order valence-corrected chi connectivity index (χ3v) is 10.2. The van der Waals surface area contributed by atoms with Crippen LogP contribution in [-0.4, -0.2) is 0 Å². The molecule has 0 aliphatic heterocycles. The third kappa shape index (κ3) is 9.19. The van der Waals surface area contributed by atoms with Crippen LogP contribution < -0.4 is 24.8 Å². The van der Waals surface area contributed by atoms with Gasteiger partial charge in [0.1, 0.15) is 0 Å². The Hall–Kier alpha value is -2.05. The molecule has 0 aromatic heterocycles. The second-order valence-electron chi connectivity index (χ2n) is 13.6. The molecular formula is C45H57Cl2Zr-3. The van der Waals surface area contributed by atoms with Crippen LogP contribution in [-0.2, 0) is 45.5 Å². The zero-order valence-electron chi connectivity index (χ0n) is 31.7. The fraction of sp³-hybridized carbons (Fsp3) is 0.400. The summed E-state index contributed by atoms with van der Waals surface area (Å²) in [7, 11) is 0. The van der Waals surface area contributed by atoms with Gasteiger partial charge < -0.3 is 24.8 Å². The number of aryl methyl sites for hydroxylation is 12. The minimum atomic E-state index is 0. The topological polar surface area (TPSA) is 0 Å². The summed E-state index contributed by atoms with van der Waals surface area (Å²) >= 11 is 0. The van der Waals surface area contributed by atoms with Crippen LogP contribution in [0.15, 0.2) is 54.6 Å². The van der Waals surface area contributed by atoms with E-state index in [-0.39, 0.29) is 51.0 Å². The molecule has 0 N–H and O–H groups in total. The van der Waals surface area contributed by atoms with Crippen LogP contribution in [0, 0.1) is 62.3 Å². The van der Waals surface area contributed by atoms with E-state index in [4.69, 9.17) is 0 Å². The number of rotatable bonds is 6. The molecule has 6 rings (SSSR count). The first-order valence-electron chi connectivity index (χ1n) is 17.4. The van der Waals surface area contributed by atoms with Gasteiger partial charge in [0, 0.05) is 0 Å². The first-order chi connectivity index (χ1) is 21.4. The van der Waals surface area contributed by atoms with Crippen molar-refractivity contribution >= 4 is 32.3 Å². The normalized spacial score (nSPS) is 10.5. The molecule has 0 bridgehead atoms. The van der Waals surface area contributed by atoms with Gasteiger partial charge in [-0.1, -0.05) is 137 Å². The largest absolute Gasteiger partial charge is 2.00 e. The molecule has 0 aliphatic carbocycles. The van der Waals surface area contributed by atoms with E-state index in [1.54, 1.807) is 0 Å². The van der Waals surface area contributed by atoms with Crippen molar-refractivity contribution in [2.24, 2.45) is 0 Å². The van der Waals surface area contributed by atoms with Crippen LogP contribution in [0.3, 0.4) is 0 Å². The predicted molar refractivity (Wildman–Crippen MR) is 203 cm³/mol. The molecule has 48 heavy (non-hydrogen) atoms. The molecule has 6 aromatic rings. The Morgan fingerprint density at radius 1 is 0.396 bits per heavy atom. The van der Waals surface area contributed by atoms with Crippen molar-refractivity contribution in [3.63, 3.8) is 0 Å². The maximum absolute atomic E-state index is 2.33. The van der Waals surface area contributed by atoms with Gasteiger partial charge in [-0.25, -0.2) is 0 Å². The minimum Gasteiger partial charge on any atom is -1.00 e. The van der Waals surface area contributed by atoms with E-state index in [0.29, 0.717) is 0 Å². The Morgan fingerprint density at radius 2 is 0.625 bits per heavy atom. The van der Waals surface area contributed by atoms with E-state index in [1.807, 2.05) is 0 Å². The van der Waals surface area contributed by atoms with Crippen molar-refractivity contribution in [1.29, 1.82) is 0 Å². The zero-order chi connectivity index (χ0) is 33.0. The average Bonchev–Trinajstić information content (AvgIpc) is 3.61. The monoisotopic (exact) mass is 757 g/mol. The second kappa shape index (κ2) is 19.4. The molecular weight excluding hydrogens is 703 g/mol. The maximum atomic E-state index is 2.33. The van der Waals surface area contributed by atoms with Crippen LogP contribution in [0.4, 0.5) is 0 Å². The molecule has 3 heteroatoms. The molecule has 0 heterocycles. The molecule has 0 amide bonds. The maximum Gasteiger partial charge on any atom is 2.00 e. The van der Waals surface area contributed by atoms with Crippen molar-refractivity contribution in [3.05, 3.63) is 121 Å². The van der Waals surface area contributed by atoms with Gasteiger partial charge in [0.2, 0.25) is 0 Å². The summed E-state index contributed by atoms with van der Waals surface area (Å²) in [4.78, 5) is 0. The predicted octanol–water partition coefficient (Wildman–Crippen LogP) is 7.31. The van der Waals surface area contributed by atoms with Gasteiger partial charge in [-0.05, 0) is 19.3 Å². The minimum absolute atomic E-state index is 0. The molecule has 258 valence electrons. The molecule has 0 aliphatic rings. The first kappa shape index (κ1) is 44.0. The van der Waals surface area contributed by atoms with E-state index in [1.165, 1.54) is 138 Å². The summed E-state index contributed by atoms with van der Waals surface area (Å²) in [6, 6.07) is 20.7. The summed E-state index contributed by atoms with van der Waals surface area (Å²) in [5, 5.41) is 8.89. The van der Waals surface area contributed by atoms with Crippen LogP contribution in [0.5, 0.6) is 0 Å². The van der Waals surface area contributed by atoms with Gasteiger partial charge in [-0.3, -0.25) is 0 Å². The summed E-state index contributed by atoms with van der Waals surface area (Å²) < 4.78 is 0. The summed E-state index contributed by atoms with van der Waals surface area (Å²) in [6.07, 6.45) is 7.26. The standard InChI is InChI=1S/3C15H19.2ClH.Zr/c3*1-5-6-13-8-7-10(2)14-9-11(3)12(4)15(13)14;;;/h3*7-9H,5-6H2,1-4H3;2*1H;/q3*-1;;;+2/p-2. The molecule has 0 fully saturated rings. The number of fused-ring (bicyclic) bond motifs is 3. The van der Waals surface area contributed by atoms with Crippen molar-refractivity contribution in [1.82, 2.24) is 0 Å². The molecule has 6 aromatic carbocycles. The average molecular weight is 760 g/mol. The van der Waals surface area contributed by atoms with E-state index in [2.05, 4.69) is 138 Å². The summed E-state index contributed by atoms with van der Waals surface area (Å²) in [5.74, 6) is 0. The quantitative estimate of drug-likeness (QED) is 0.156. The molecule has 0 nitrogen and oxygen atoms in total. The van der Waals surface area contributed by atoms with E-state index >= 15 is 0 Å². The van der Waals surface area contributed by atoms with E-state index < -0.39 is 0 Å². The van der Waals surface area contributed by atoms with Gasteiger partial charge in [-0.2, -0.15) is 16.7 Å². The summed E-state index contributed by atoms with van der Waals surface area (Å²) in [5.41, 5.74) is 17.5. The van der Waals surface area contributed by atoms with Gasteiger partial charge in [0.05, 0.1) is 0 Å². The van der Waals surface area contributed by atoms with Crippen LogP contribution in [0.2, 0.25) is 0 Å². The number of hydrogen-bond acceptors (Lipinski definition) is 0. The number of benzene rings is 3. The fourth-order valence-corrected chi connectivity index (χ4v) is 7.19. The smallest absolute Gasteiger partial charge is 1.00 e. The van der Waals surface area contributed by atoms with Crippen molar-refractivity contribution in [2.45, 2.75) is 122 Å². The third-order valence-electron chi connectivity index (χ3n) is 10.2. The Bertz CT molecular complexity index is 1700. The van der Waals surface area contributed by atoms with Crippen LogP contribution in [0.1, 0.15) is 107 Å². The van der Waals surface area contributed by atoms with Gasteiger partial charge >= 0.3 is 26.2 Å². The van der Waals surface area contributed by atoms with Crippen molar-refractivity contribution < 1.29 is 51.0 Å². The molecule has 0 saturated heterocycles. The van der Waals surface area contributed by atoms with Gasteiger partial charge in [0.25, 0.3) is 0 Å². The number of hydrogen-bond donors (Lipinski definition) is 0. The molecule has 0 spiro atoms. The van der Waals surface area contributed by atoms with E-state index in [9.17, 15) is 0 Å². The second-order valence-corrected chi connectivity index (χ2v) is 13.6. The van der Waals surface area contributed by atoms with Crippen LogP contribution in [0.25, 0.3) is 32.3 Å². The number of halogens is 2.